The van der Waals surface area contributed by atoms with Gasteiger partial charge in [0, 0.05) is 11.0 Å². The van der Waals surface area contributed by atoms with Crippen LogP contribution in [-0.2, 0) is 5.41 Å². The maximum Gasteiger partial charge on any atom is 0.343 e. The van der Waals surface area contributed by atoms with Gasteiger partial charge in [0.05, 0.1) is 12.7 Å². The summed E-state index contributed by atoms with van der Waals surface area (Å²) in [7, 11) is 1.66. The Morgan fingerprint density at radius 1 is 0.735 bits per heavy atom. The molecule has 0 fully saturated rings. The van der Waals surface area contributed by atoms with Crippen molar-refractivity contribution < 1.29 is 19.1 Å². The largest absolute Gasteiger partial charge is 0.497 e. The number of methoxy groups -OCH3 is 1. The summed E-state index contributed by atoms with van der Waals surface area (Å²) in [5.41, 5.74) is 3.28. The molecule has 0 radical (unpaired) electrons. The van der Waals surface area contributed by atoms with Gasteiger partial charge in [-0.1, -0.05) is 56.3 Å². The normalized spacial score (nSPS) is 12.7. The topological polar surface area (TPSA) is 52.6 Å². The highest BCUT2D eigenvalue weighted by molar-refractivity contribution is 6.01. The summed E-state index contributed by atoms with van der Waals surface area (Å²) >= 11 is 0. The molecule has 4 nitrogen and oxygen atoms in total. The fraction of sp³-hybridized carbons (Fsp3) is 0.200. The van der Waals surface area contributed by atoms with Gasteiger partial charge in [0.25, 0.3) is 0 Å². The molecule has 0 aliphatic heterocycles. The van der Waals surface area contributed by atoms with Crippen LogP contribution in [0.15, 0.2) is 84.9 Å². The molecule has 0 aromatic heterocycles. The summed E-state index contributed by atoms with van der Waals surface area (Å²) in [6.07, 6.45) is 0.918. The number of Topliss-reactive ketones (excluding diaryl/α,β-unsaturated/α-hetero) is 1. The Morgan fingerprint density at radius 2 is 1.24 bits per heavy atom. The number of rotatable bonds is 7. The second kappa shape index (κ2) is 9.52. The Hall–Kier alpha value is -3.92. The highest BCUT2D eigenvalue weighted by Crippen LogP contribution is 2.36. The van der Waals surface area contributed by atoms with Crippen LogP contribution in [0.1, 0.15) is 59.0 Å². The van der Waals surface area contributed by atoms with Gasteiger partial charge in [-0.15, -0.1) is 0 Å². The van der Waals surface area contributed by atoms with Crippen molar-refractivity contribution in [2.45, 2.75) is 32.6 Å². The maximum absolute atomic E-state index is 12.8. The number of carbonyl (C=O) groups excluding carboxylic acids is 2. The molecule has 4 aromatic carbocycles. The molecule has 0 spiro atoms. The first kappa shape index (κ1) is 23.2. The number of hydrogen-bond donors (Lipinski definition) is 0. The van der Waals surface area contributed by atoms with Crippen molar-refractivity contribution in [3.05, 3.63) is 107 Å². The van der Waals surface area contributed by atoms with Gasteiger partial charge in [-0.3, -0.25) is 4.79 Å². The summed E-state index contributed by atoms with van der Waals surface area (Å²) in [6.45, 7) is 5.91. The van der Waals surface area contributed by atoms with Crippen molar-refractivity contribution in [2.24, 2.45) is 0 Å². The van der Waals surface area contributed by atoms with Crippen LogP contribution in [0.4, 0.5) is 0 Å². The zero-order valence-electron chi connectivity index (χ0n) is 19.9. The fourth-order valence-corrected chi connectivity index (χ4v) is 4.18. The molecular weight excluding hydrogens is 424 g/mol. The van der Waals surface area contributed by atoms with Gasteiger partial charge in [-0.05, 0) is 77.7 Å². The van der Waals surface area contributed by atoms with Crippen molar-refractivity contribution in [3.63, 3.8) is 0 Å². The van der Waals surface area contributed by atoms with E-state index in [0.717, 1.165) is 28.5 Å². The first-order valence-corrected chi connectivity index (χ1v) is 11.4. The molecule has 0 bridgehead atoms. The van der Waals surface area contributed by atoms with Gasteiger partial charge in [-0.25, -0.2) is 4.79 Å². The summed E-state index contributed by atoms with van der Waals surface area (Å²) in [5, 5.41) is 1.79. The van der Waals surface area contributed by atoms with Crippen LogP contribution in [0, 0.1) is 0 Å². The summed E-state index contributed by atoms with van der Waals surface area (Å²) in [4.78, 5) is 24.4. The summed E-state index contributed by atoms with van der Waals surface area (Å²) in [5.74, 6) is 0.921. The standard InChI is InChI=1S/C30H28O4/c1-5-30(3,25-10-14-27(33-4)15-11-25)26-12-16-28(17-13-26)34-29(32)24-9-8-22-18-21(20(2)31)6-7-23(22)19-24/h6-19H,5H2,1-4H3. The molecule has 0 N–H and O–H groups in total. The molecule has 4 rings (SSSR count). The van der Waals surface area contributed by atoms with E-state index in [1.807, 2.05) is 54.6 Å². The number of carbonyl (C=O) groups is 2. The lowest BCUT2D eigenvalue weighted by Crippen LogP contribution is -2.22. The molecule has 4 heteroatoms. The lowest BCUT2D eigenvalue weighted by Gasteiger charge is -2.30. The minimum Gasteiger partial charge on any atom is -0.497 e. The van der Waals surface area contributed by atoms with Crippen LogP contribution < -0.4 is 9.47 Å². The molecule has 0 aliphatic carbocycles. The van der Waals surface area contributed by atoms with Crippen molar-refractivity contribution >= 4 is 22.5 Å². The number of fused-ring (bicyclic) bond motifs is 1. The van der Waals surface area contributed by atoms with Crippen LogP contribution in [-0.4, -0.2) is 18.9 Å². The lowest BCUT2D eigenvalue weighted by molar-refractivity contribution is 0.0734. The van der Waals surface area contributed by atoms with E-state index >= 15 is 0 Å². The molecule has 172 valence electrons. The number of ether oxygens (including phenoxy) is 2. The Morgan fingerprint density at radius 3 is 1.74 bits per heavy atom. The van der Waals surface area contributed by atoms with Gasteiger partial charge in [0.15, 0.2) is 5.78 Å². The third-order valence-electron chi connectivity index (χ3n) is 6.62. The molecular formula is C30H28O4. The van der Waals surface area contributed by atoms with E-state index in [4.69, 9.17) is 9.47 Å². The lowest BCUT2D eigenvalue weighted by atomic mass is 9.74. The van der Waals surface area contributed by atoms with Crippen LogP contribution in [0.3, 0.4) is 0 Å². The minimum absolute atomic E-state index is 0.0139. The van der Waals surface area contributed by atoms with Crippen molar-refractivity contribution in [1.82, 2.24) is 0 Å². The van der Waals surface area contributed by atoms with Crippen LogP contribution in [0.25, 0.3) is 10.8 Å². The highest BCUT2D eigenvalue weighted by Gasteiger charge is 2.27. The summed E-state index contributed by atoms with van der Waals surface area (Å²) in [6, 6.07) is 26.6. The van der Waals surface area contributed by atoms with Crippen molar-refractivity contribution in [3.8, 4) is 11.5 Å². The molecule has 0 heterocycles. The van der Waals surface area contributed by atoms with Gasteiger partial charge in [-0.2, -0.15) is 0 Å². The Balaban J connectivity index is 1.53. The van der Waals surface area contributed by atoms with E-state index in [1.165, 1.54) is 12.5 Å². The van der Waals surface area contributed by atoms with Gasteiger partial charge >= 0.3 is 5.97 Å². The first-order chi connectivity index (χ1) is 16.3. The highest BCUT2D eigenvalue weighted by atomic mass is 16.5. The third-order valence-corrected chi connectivity index (χ3v) is 6.62. The number of esters is 1. The Labute approximate surface area is 200 Å². The minimum atomic E-state index is -0.418. The van der Waals surface area contributed by atoms with Crippen LogP contribution in [0.5, 0.6) is 11.5 Å². The third kappa shape index (κ3) is 4.58. The second-order valence-electron chi connectivity index (χ2n) is 8.66. The predicted molar refractivity (Wildman–Crippen MR) is 135 cm³/mol. The van der Waals surface area contributed by atoms with Gasteiger partial charge in [0.2, 0.25) is 0 Å². The molecule has 0 amide bonds. The number of ketones is 1. The van der Waals surface area contributed by atoms with Crippen molar-refractivity contribution in [2.75, 3.05) is 7.11 Å². The van der Waals surface area contributed by atoms with Gasteiger partial charge in [0.1, 0.15) is 11.5 Å². The van der Waals surface area contributed by atoms with Crippen LogP contribution in [0.2, 0.25) is 0 Å². The zero-order chi connectivity index (χ0) is 24.3. The molecule has 1 unspecified atom stereocenters. The van der Waals surface area contributed by atoms with E-state index in [0.29, 0.717) is 16.9 Å². The monoisotopic (exact) mass is 452 g/mol. The Bertz CT molecular complexity index is 1340. The first-order valence-electron chi connectivity index (χ1n) is 11.4. The molecule has 0 saturated carbocycles. The smallest absolute Gasteiger partial charge is 0.343 e. The quantitative estimate of drug-likeness (QED) is 0.172. The predicted octanol–water partition coefficient (Wildman–Crippen LogP) is 6.99. The van der Waals surface area contributed by atoms with E-state index in [9.17, 15) is 9.59 Å². The molecule has 0 aliphatic rings. The fourth-order valence-electron chi connectivity index (χ4n) is 4.18. The van der Waals surface area contributed by atoms with Crippen molar-refractivity contribution in [1.29, 1.82) is 0 Å². The molecule has 0 saturated heterocycles. The average Bonchev–Trinajstić information content (AvgIpc) is 2.88. The SMILES string of the molecule is CCC(C)(c1ccc(OC)cc1)c1ccc(OC(=O)c2ccc3cc(C(C)=O)ccc3c2)cc1. The number of benzene rings is 4. The van der Waals surface area contributed by atoms with Gasteiger partial charge < -0.3 is 9.47 Å². The zero-order valence-corrected chi connectivity index (χ0v) is 19.9. The van der Waals surface area contributed by atoms with E-state index < -0.39 is 5.97 Å². The average molecular weight is 453 g/mol. The Kier molecular flexibility index (Phi) is 6.51. The summed E-state index contributed by atoms with van der Waals surface area (Å²) < 4.78 is 10.9. The molecule has 1 atom stereocenters. The van der Waals surface area contributed by atoms with E-state index in [1.54, 1.807) is 25.3 Å². The second-order valence-corrected chi connectivity index (χ2v) is 8.66. The molecule has 4 aromatic rings. The van der Waals surface area contributed by atoms with E-state index in [2.05, 4.69) is 26.0 Å². The van der Waals surface area contributed by atoms with Crippen LogP contribution >= 0.6 is 0 Å². The maximum atomic E-state index is 12.8. The van der Waals surface area contributed by atoms with E-state index in [-0.39, 0.29) is 11.2 Å². The number of hydrogen-bond acceptors (Lipinski definition) is 4. The molecule has 34 heavy (non-hydrogen) atoms.